The van der Waals surface area contributed by atoms with Gasteiger partial charge in [-0.2, -0.15) is 0 Å². The number of urea groups is 1. The molecule has 0 saturated heterocycles. The summed E-state index contributed by atoms with van der Waals surface area (Å²) in [6.07, 6.45) is 2.29. The molecular weight excluding hydrogens is 300 g/mol. The predicted molar refractivity (Wildman–Crippen MR) is 93.5 cm³/mol. The lowest BCUT2D eigenvalue weighted by Crippen LogP contribution is -2.47. The molecule has 24 heavy (non-hydrogen) atoms. The quantitative estimate of drug-likeness (QED) is 0.909. The van der Waals surface area contributed by atoms with Crippen molar-refractivity contribution >= 4 is 11.9 Å². The Labute approximate surface area is 142 Å². The van der Waals surface area contributed by atoms with Crippen LogP contribution < -0.4 is 5.32 Å². The van der Waals surface area contributed by atoms with Crippen LogP contribution >= 0.6 is 0 Å². The fourth-order valence-electron chi connectivity index (χ4n) is 2.84. The van der Waals surface area contributed by atoms with Gasteiger partial charge in [0.1, 0.15) is 0 Å². The Kier molecular flexibility index (Phi) is 4.94. The molecule has 0 radical (unpaired) electrons. The molecule has 0 unspecified atom stereocenters. The number of hydrogen-bond donors (Lipinski definition) is 1. The number of carbonyl (C=O) groups excluding carboxylic acids is 2. The number of benzene rings is 2. The molecule has 2 aromatic carbocycles. The summed E-state index contributed by atoms with van der Waals surface area (Å²) in [5.41, 5.74) is 1.55. The highest BCUT2D eigenvalue weighted by Gasteiger charge is 2.34. The van der Waals surface area contributed by atoms with Gasteiger partial charge < -0.3 is 4.90 Å². The average molecular weight is 322 g/mol. The Balaban J connectivity index is 1.72. The number of amides is 3. The Hall–Kier alpha value is -2.62. The zero-order valence-electron chi connectivity index (χ0n) is 13.8. The number of nitrogens with zero attached hydrogens (tertiary/aromatic N) is 1. The lowest BCUT2D eigenvalue weighted by Gasteiger charge is -2.29. The molecule has 3 rings (SSSR count). The van der Waals surface area contributed by atoms with E-state index in [0.717, 1.165) is 18.4 Å². The van der Waals surface area contributed by atoms with E-state index in [-0.39, 0.29) is 18.0 Å². The molecule has 124 valence electrons. The van der Waals surface area contributed by atoms with Gasteiger partial charge in [0.25, 0.3) is 5.91 Å². The second-order valence-corrected chi connectivity index (χ2v) is 6.32. The number of hydrogen-bond acceptors (Lipinski definition) is 2. The zero-order chi connectivity index (χ0) is 16.9. The smallest absolute Gasteiger partial charge is 0.317 e. The predicted octanol–water partition coefficient (Wildman–Crippen LogP) is 3.84. The second kappa shape index (κ2) is 7.30. The van der Waals surface area contributed by atoms with Crippen LogP contribution in [-0.2, 0) is 6.54 Å². The van der Waals surface area contributed by atoms with E-state index in [1.807, 2.05) is 36.4 Å². The third-order valence-electron chi connectivity index (χ3n) is 4.51. The summed E-state index contributed by atoms with van der Waals surface area (Å²) in [6.45, 7) is 2.57. The lowest BCUT2D eigenvalue weighted by atomic mass is 10.1. The molecule has 0 spiro atoms. The summed E-state index contributed by atoms with van der Waals surface area (Å²) in [6, 6.07) is 18.5. The Morgan fingerprint density at radius 1 is 1.04 bits per heavy atom. The average Bonchev–Trinajstić information content (AvgIpc) is 3.46. The van der Waals surface area contributed by atoms with Gasteiger partial charge in [-0.25, -0.2) is 4.79 Å². The van der Waals surface area contributed by atoms with E-state index in [0.29, 0.717) is 18.0 Å². The van der Waals surface area contributed by atoms with Crippen LogP contribution in [-0.4, -0.2) is 22.9 Å². The van der Waals surface area contributed by atoms with Gasteiger partial charge >= 0.3 is 6.03 Å². The maximum atomic E-state index is 12.7. The molecule has 3 amide bonds. The molecule has 0 aromatic heterocycles. The van der Waals surface area contributed by atoms with Gasteiger partial charge in [0, 0.05) is 18.2 Å². The van der Waals surface area contributed by atoms with E-state index in [2.05, 4.69) is 12.2 Å². The number of carbonyl (C=O) groups is 2. The molecule has 4 heteroatoms. The van der Waals surface area contributed by atoms with Crippen LogP contribution in [0.25, 0.3) is 0 Å². The first kappa shape index (κ1) is 16.2. The molecule has 0 heterocycles. The highest BCUT2D eigenvalue weighted by atomic mass is 16.2. The summed E-state index contributed by atoms with van der Waals surface area (Å²) in [7, 11) is 0. The maximum Gasteiger partial charge on any atom is 0.324 e. The molecule has 0 bridgehead atoms. The van der Waals surface area contributed by atoms with Crippen LogP contribution in [0.3, 0.4) is 0 Å². The lowest BCUT2D eigenvalue weighted by molar-refractivity contribution is 0.0941. The molecule has 4 nitrogen and oxygen atoms in total. The first-order chi connectivity index (χ1) is 11.6. The van der Waals surface area contributed by atoms with E-state index >= 15 is 0 Å². The molecule has 2 aromatic rings. The van der Waals surface area contributed by atoms with Gasteiger partial charge in [0.05, 0.1) is 0 Å². The van der Waals surface area contributed by atoms with E-state index in [4.69, 9.17) is 0 Å². The van der Waals surface area contributed by atoms with Crippen molar-refractivity contribution in [2.24, 2.45) is 5.92 Å². The zero-order valence-corrected chi connectivity index (χ0v) is 13.8. The monoisotopic (exact) mass is 322 g/mol. The van der Waals surface area contributed by atoms with E-state index in [9.17, 15) is 9.59 Å². The first-order valence-corrected chi connectivity index (χ1v) is 8.36. The molecule has 1 aliphatic carbocycles. The van der Waals surface area contributed by atoms with Gasteiger partial charge in [0.2, 0.25) is 0 Å². The van der Waals surface area contributed by atoms with Crippen molar-refractivity contribution in [3.63, 3.8) is 0 Å². The van der Waals surface area contributed by atoms with E-state index in [1.54, 1.807) is 29.2 Å². The maximum absolute atomic E-state index is 12.7. The Morgan fingerprint density at radius 2 is 1.62 bits per heavy atom. The third-order valence-corrected chi connectivity index (χ3v) is 4.51. The van der Waals surface area contributed by atoms with Crippen molar-refractivity contribution in [1.82, 2.24) is 10.2 Å². The summed E-state index contributed by atoms with van der Waals surface area (Å²) in [5, 5.41) is 2.53. The van der Waals surface area contributed by atoms with Gasteiger partial charge in [-0.1, -0.05) is 48.5 Å². The second-order valence-electron chi connectivity index (χ2n) is 6.32. The minimum atomic E-state index is -0.360. The highest BCUT2D eigenvalue weighted by molar-refractivity contribution is 6.04. The molecule has 0 aliphatic heterocycles. The van der Waals surface area contributed by atoms with Crippen molar-refractivity contribution in [2.45, 2.75) is 32.4 Å². The van der Waals surface area contributed by atoms with Crippen LogP contribution in [0.1, 0.15) is 35.7 Å². The Morgan fingerprint density at radius 3 is 2.21 bits per heavy atom. The van der Waals surface area contributed by atoms with Crippen LogP contribution in [0.4, 0.5) is 4.79 Å². The van der Waals surface area contributed by atoms with Gasteiger partial charge in [0.15, 0.2) is 0 Å². The van der Waals surface area contributed by atoms with Crippen LogP contribution in [0.15, 0.2) is 60.7 Å². The van der Waals surface area contributed by atoms with Crippen molar-refractivity contribution in [3.05, 3.63) is 71.8 Å². The van der Waals surface area contributed by atoms with Gasteiger partial charge in [-0.15, -0.1) is 0 Å². The van der Waals surface area contributed by atoms with Crippen molar-refractivity contribution in [3.8, 4) is 0 Å². The van der Waals surface area contributed by atoms with Gasteiger partial charge in [-0.3, -0.25) is 10.1 Å². The van der Waals surface area contributed by atoms with Crippen LogP contribution in [0.5, 0.6) is 0 Å². The topological polar surface area (TPSA) is 49.4 Å². The van der Waals surface area contributed by atoms with Crippen molar-refractivity contribution < 1.29 is 9.59 Å². The molecule has 1 atom stereocenters. The molecule has 1 fully saturated rings. The van der Waals surface area contributed by atoms with Gasteiger partial charge in [-0.05, 0) is 43.4 Å². The normalized spacial score (nSPS) is 14.7. The Bertz CT molecular complexity index is 696. The van der Waals surface area contributed by atoms with Crippen molar-refractivity contribution in [2.75, 3.05) is 0 Å². The molecular formula is C20H22N2O2. The fourth-order valence-corrected chi connectivity index (χ4v) is 2.84. The standard InChI is InChI=1S/C20H22N2O2/c1-15(17-12-13-17)22(14-16-8-4-2-5-9-16)20(24)21-19(23)18-10-6-3-7-11-18/h2-11,15,17H,12-14H2,1H3,(H,21,23,24)/t15-/m1/s1. The molecule has 1 N–H and O–H groups in total. The van der Waals surface area contributed by atoms with Crippen molar-refractivity contribution in [1.29, 1.82) is 0 Å². The summed E-state index contributed by atoms with van der Waals surface area (Å²) in [4.78, 5) is 26.7. The molecule has 1 saturated carbocycles. The minimum absolute atomic E-state index is 0.119. The van der Waals surface area contributed by atoms with Crippen LogP contribution in [0, 0.1) is 5.92 Å². The summed E-state index contributed by atoms with van der Waals surface area (Å²) < 4.78 is 0. The highest BCUT2D eigenvalue weighted by Crippen LogP contribution is 2.35. The minimum Gasteiger partial charge on any atom is -0.317 e. The third kappa shape index (κ3) is 4.02. The van der Waals surface area contributed by atoms with E-state index in [1.165, 1.54) is 0 Å². The van der Waals surface area contributed by atoms with Crippen LogP contribution in [0.2, 0.25) is 0 Å². The number of imide groups is 1. The fraction of sp³-hybridized carbons (Fsp3) is 0.300. The number of nitrogens with one attached hydrogen (secondary N) is 1. The largest absolute Gasteiger partial charge is 0.324 e. The molecule has 1 aliphatic rings. The summed E-state index contributed by atoms with van der Waals surface area (Å²) in [5.74, 6) is 0.174. The van der Waals surface area contributed by atoms with E-state index < -0.39 is 0 Å². The SMILES string of the molecule is C[C@H](C1CC1)N(Cc1ccccc1)C(=O)NC(=O)c1ccccc1. The summed E-state index contributed by atoms with van der Waals surface area (Å²) >= 11 is 0. The number of rotatable bonds is 5. The first-order valence-electron chi connectivity index (χ1n) is 8.36.